The van der Waals surface area contributed by atoms with Crippen molar-refractivity contribution in [3.8, 4) is 0 Å². The predicted octanol–water partition coefficient (Wildman–Crippen LogP) is 2.13. The number of hydrogen-bond acceptors (Lipinski definition) is 1. The molecule has 0 bridgehead atoms. The molecule has 1 nitrogen and oxygen atoms in total. The van der Waals surface area contributed by atoms with Crippen molar-refractivity contribution in [2.24, 2.45) is 5.92 Å². The van der Waals surface area contributed by atoms with Gasteiger partial charge < -0.3 is 5.32 Å². The van der Waals surface area contributed by atoms with Crippen LogP contribution in [0.1, 0.15) is 13.8 Å². The van der Waals surface area contributed by atoms with Crippen molar-refractivity contribution in [3.05, 3.63) is 30.0 Å². The van der Waals surface area contributed by atoms with Gasteiger partial charge in [-0.05, 0) is 31.0 Å². The van der Waals surface area contributed by atoms with Gasteiger partial charge in [0.05, 0.1) is 0 Å². The van der Waals surface area contributed by atoms with E-state index < -0.39 is 0 Å². The lowest BCUT2D eigenvalue weighted by molar-refractivity contribution is 0.626. The first kappa shape index (κ1) is 10.2. The molecule has 11 heavy (non-hydrogen) atoms. The minimum Gasteiger partial charge on any atom is -0.319 e. The van der Waals surface area contributed by atoms with E-state index >= 15 is 0 Å². The topological polar surface area (TPSA) is 12.0 Å². The van der Waals surface area contributed by atoms with Crippen molar-refractivity contribution < 1.29 is 0 Å². The third-order valence-corrected chi connectivity index (χ3v) is 1.85. The van der Waals surface area contributed by atoms with Gasteiger partial charge in [-0.1, -0.05) is 20.1 Å². The molecule has 0 aromatic heterocycles. The summed E-state index contributed by atoms with van der Waals surface area (Å²) in [6, 6.07) is 0. The maximum atomic E-state index is 3.96. The fourth-order valence-corrected chi connectivity index (χ4v) is 0.913. The molecular formula is C10H17N. The molecule has 0 radical (unpaired) electrons. The summed E-state index contributed by atoms with van der Waals surface area (Å²) in [6.45, 7) is 12.6. The Balaban J connectivity index is 4.13. The second-order valence-corrected chi connectivity index (χ2v) is 2.79. The highest BCUT2D eigenvalue weighted by molar-refractivity contribution is 5.26. The van der Waals surface area contributed by atoms with Gasteiger partial charge >= 0.3 is 0 Å². The van der Waals surface area contributed by atoms with E-state index in [1.54, 1.807) is 0 Å². The molecule has 0 spiro atoms. The molecule has 0 fully saturated rings. The molecule has 0 rings (SSSR count). The Bertz CT molecular complexity index is 185. The third-order valence-electron chi connectivity index (χ3n) is 1.85. The zero-order valence-electron chi connectivity index (χ0n) is 7.70. The fraction of sp³-hybridized carbons (Fsp3) is 0.500. The molecule has 1 atom stereocenters. The van der Waals surface area contributed by atoms with Gasteiger partial charge in [-0.2, -0.15) is 0 Å². The van der Waals surface area contributed by atoms with Gasteiger partial charge in [-0.15, -0.1) is 5.73 Å². The predicted molar refractivity (Wildman–Crippen MR) is 50.6 cm³/mol. The Hall–Kier alpha value is -0.780. The monoisotopic (exact) mass is 151 g/mol. The summed E-state index contributed by atoms with van der Waals surface area (Å²) in [5.41, 5.74) is 5.03. The molecule has 0 aliphatic heterocycles. The van der Waals surface area contributed by atoms with Crippen LogP contribution in [0.2, 0.25) is 0 Å². The van der Waals surface area contributed by atoms with E-state index in [1.807, 2.05) is 14.0 Å². The Morgan fingerprint density at radius 3 is 2.55 bits per heavy atom. The minimum atomic E-state index is 0.467. The number of rotatable bonds is 4. The molecule has 0 heterocycles. The Kier molecular flexibility index (Phi) is 4.60. The van der Waals surface area contributed by atoms with Gasteiger partial charge in [0.15, 0.2) is 0 Å². The fourth-order valence-electron chi connectivity index (χ4n) is 0.913. The van der Waals surface area contributed by atoms with E-state index in [2.05, 4.69) is 31.1 Å². The van der Waals surface area contributed by atoms with Crippen molar-refractivity contribution in [3.63, 3.8) is 0 Å². The van der Waals surface area contributed by atoms with Gasteiger partial charge in [0, 0.05) is 6.54 Å². The van der Waals surface area contributed by atoms with Crippen LogP contribution < -0.4 is 5.32 Å². The Morgan fingerprint density at radius 1 is 1.64 bits per heavy atom. The number of nitrogens with one attached hydrogen (secondary N) is 1. The summed E-state index contributed by atoms with van der Waals surface area (Å²) in [7, 11) is 1.94. The first-order valence-electron chi connectivity index (χ1n) is 3.83. The van der Waals surface area contributed by atoms with Gasteiger partial charge in [0.2, 0.25) is 0 Å². The van der Waals surface area contributed by atoms with Gasteiger partial charge in [-0.3, -0.25) is 0 Å². The Labute approximate surface area is 69.5 Å². The van der Waals surface area contributed by atoms with Crippen LogP contribution in [0.15, 0.2) is 30.0 Å². The highest BCUT2D eigenvalue weighted by Gasteiger charge is 2.05. The molecule has 1 unspecified atom stereocenters. The lowest BCUT2D eigenvalue weighted by Crippen LogP contribution is -2.17. The quantitative estimate of drug-likeness (QED) is 0.479. The first-order valence-corrected chi connectivity index (χ1v) is 3.83. The van der Waals surface area contributed by atoms with Crippen LogP contribution in [-0.4, -0.2) is 13.6 Å². The molecular weight excluding hydrogens is 134 g/mol. The van der Waals surface area contributed by atoms with Crippen molar-refractivity contribution in [2.75, 3.05) is 13.6 Å². The Morgan fingerprint density at radius 2 is 2.18 bits per heavy atom. The van der Waals surface area contributed by atoms with Crippen LogP contribution >= 0.6 is 0 Å². The largest absolute Gasteiger partial charge is 0.319 e. The average Bonchev–Trinajstić information content (AvgIpc) is 2.02. The lowest BCUT2D eigenvalue weighted by atomic mass is 9.97. The van der Waals surface area contributed by atoms with E-state index in [4.69, 9.17) is 0 Å². The maximum Gasteiger partial charge on any atom is 0.00145 e. The summed E-state index contributed by atoms with van der Waals surface area (Å²) >= 11 is 0. The van der Waals surface area contributed by atoms with Crippen molar-refractivity contribution in [1.29, 1.82) is 0 Å². The summed E-state index contributed by atoms with van der Waals surface area (Å²) in [5, 5.41) is 3.10. The lowest BCUT2D eigenvalue weighted by Gasteiger charge is -2.12. The van der Waals surface area contributed by atoms with Crippen LogP contribution in [0.4, 0.5) is 0 Å². The zero-order valence-corrected chi connectivity index (χ0v) is 7.70. The van der Waals surface area contributed by atoms with Crippen molar-refractivity contribution >= 4 is 0 Å². The zero-order chi connectivity index (χ0) is 8.85. The molecule has 0 saturated carbocycles. The van der Waals surface area contributed by atoms with Gasteiger partial charge in [0.25, 0.3) is 0 Å². The summed E-state index contributed by atoms with van der Waals surface area (Å²) < 4.78 is 0. The SMILES string of the molecule is C=C=C(C)C(=C)C(C)CNC. The second-order valence-electron chi connectivity index (χ2n) is 2.79. The number of allylic oxidation sites excluding steroid dienone is 1. The smallest absolute Gasteiger partial charge is 0.00145 e. The highest BCUT2D eigenvalue weighted by Crippen LogP contribution is 2.14. The normalized spacial score (nSPS) is 11.9. The van der Waals surface area contributed by atoms with E-state index in [-0.39, 0.29) is 0 Å². The molecule has 0 amide bonds. The van der Waals surface area contributed by atoms with Crippen LogP contribution in [-0.2, 0) is 0 Å². The highest BCUT2D eigenvalue weighted by atomic mass is 14.8. The van der Waals surface area contributed by atoms with Crippen LogP contribution in [0.5, 0.6) is 0 Å². The maximum absolute atomic E-state index is 3.96. The second kappa shape index (κ2) is 4.95. The molecule has 0 aromatic rings. The molecule has 0 aliphatic rings. The van der Waals surface area contributed by atoms with Crippen LogP contribution in [0, 0.1) is 5.92 Å². The van der Waals surface area contributed by atoms with E-state index in [0.29, 0.717) is 5.92 Å². The van der Waals surface area contributed by atoms with E-state index in [9.17, 15) is 0 Å². The van der Waals surface area contributed by atoms with E-state index in [1.165, 1.54) is 0 Å². The van der Waals surface area contributed by atoms with Crippen molar-refractivity contribution in [1.82, 2.24) is 5.32 Å². The van der Waals surface area contributed by atoms with Crippen LogP contribution in [0.25, 0.3) is 0 Å². The average molecular weight is 151 g/mol. The van der Waals surface area contributed by atoms with Gasteiger partial charge in [0.1, 0.15) is 0 Å². The van der Waals surface area contributed by atoms with Crippen LogP contribution in [0.3, 0.4) is 0 Å². The summed E-state index contributed by atoms with van der Waals surface area (Å²) in [6.07, 6.45) is 0. The molecule has 0 saturated heterocycles. The number of hydrogen-bond donors (Lipinski definition) is 1. The molecule has 0 aromatic carbocycles. The molecule has 0 aliphatic carbocycles. The summed E-state index contributed by atoms with van der Waals surface area (Å²) in [5.74, 6) is 0.467. The summed E-state index contributed by atoms with van der Waals surface area (Å²) in [4.78, 5) is 0. The van der Waals surface area contributed by atoms with Gasteiger partial charge in [-0.25, -0.2) is 0 Å². The molecule has 1 heteroatoms. The molecule has 62 valence electrons. The van der Waals surface area contributed by atoms with Crippen molar-refractivity contribution in [2.45, 2.75) is 13.8 Å². The van der Waals surface area contributed by atoms with E-state index in [0.717, 1.165) is 17.7 Å². The first-order chi connectivity index (χ1) is 5.13. The minimum absolute atomic E-state index is 0.467. The standard InChI is InChI=1S/C10H17N/c1-6-8(2)10(4)9(3)7-11-5/h9,11H,1,4,7H2,2-3,5H3. The third kappa shape index (κ3) is 3.22. The molecule has 1 N–H and O–H groups in total.